The highest BCUT2D eigenvalue weighted by Crippen LogP contribution is 2.26. The van der Waals surface area contributed by atoms with Gasteiger partial charge in [-0.1, -0.05) is 18.5 Å². The second-order valence-corrected chi connectivity index (χ2v) is 6.50. The number of rotatable bonds is 3. The summed E-state index contributed by atoms with van der Waals surface area (Å²) in [5, 5.41) is 10.4. The van der Waals surface area contributed by atoms with Gasteiger partial charge in [-0.2, -0.15) is 0 Å². The number of fused-ring (bicyclic) bond motifs is 1. The van der Waals surface area contributed by atoms with Crippen LogP contribution in [0.3, 0.4) is 0 Å². The maximum atomic E-state index is 9.67. The average molecular weight is 308 g/mol. The van der Waals surface area contributed by atoms with Gasteiger partial charge in [0.15, 0.2) is 0 Å². The Morgan fingerprint density at radius 1 is 1.43 bits per heavy atom. The molecule has 0 bridgehead atoms. The lowest BCUT2D eigenvalue weighted by Crippen LogP contribution is -2.46. The summed E-state index contributed by atoms with van der Waals surface area (Å²) < 4.78 is 2.12. The molecule has 1 aliphatic heterocycles. The molecule has 2 aromatic rings. The van der Waals surface area contributed by atoms with E-state index in [0.717, 1.165) is 29.9 Å². The number of nitrogens with zero attached hydrogens (tertiary/aromatic N) is 3. The predicted molar refractivity (Wildman–Crippen MR) is 85.4 cm³/mol. The molecule has 1 fully saturated rings. The fraction of sp³-hybridized carbons (Fsp3) is 0.562. The van der Waals surface area contributed by atoms with E-state index in [1.54, 1.807) is 0 Å². The predicted octanol–water partition coefficient (Wildman–Crippen LogP) is 2.82. The highest BCUT2D eigenvalue weighted by atomic mass is 35.5. The molecule has 2 atom stereocenters. The molecular formula is C16H22ClN3O. The maximum absolute atomic E-state index is 9.67. The van der Waals surface area contributed by atoms with Crippen molar-refractivity contribution in [1.82, 2.24) is 14.5 Å². The molecule has 1 aromatic heterocycles. The third kappa shape index (κ3) is 2.80. The summed E-state index contributed by atoms with van der Waals surface area (Å²) in [7, 11) is 2.04. The Hall–Kier alpha value is -1.10. The molecule has 1 aliphatic rings. The van der Waals surface area contributed by atoms with Gasteiger partial charge in [0.05, 0.1) is 24.2 Å². The van der Waals surface area contributed by atoms with Crippen molar-refractivity contribution >= 4 is 22.6 Å². The third-order valence-electron chi connectivity index (χ3n) is 4.70. The third-order valence-corrected chi connectivity index (χ3v) is 4.93. The van der Waals surface area contributed by atoms with Crippen LogP contribution in [0.15, 0.2) is 18.2 Å². The van der Waals surface area contributed by atoms with E-state index in [0.29, 0.717) is 10.9 Å². The smallest absolute Gasteiger partial charge is 0.123 e. The Morgan fingerprint density at radius 2 is 2.24 bits per heavy atom. The molecule has 114 valence electrons. The van der Waals surface area contributed by atoms with E-state index in [1.807, 2.05) is 25.2 Å². The minimum Gasteiger partial charge on any atom is -0.395 e. The summed E-state index contributed by atoms with van der Waals surface area (Å²) >= 11 is 6.04. The van der Waals surface area contributed by atoms with Gasteiger partial charge in [0.1, 0.15) is 5.82 Å². The van der Waals surface area contributed by atoms with Gasteiger partial charge in [-0.3, -0.25) is 4.90 Å². The van der Waals surface area contributed by atoms with E-state index < -0.39 is 0 Å². The Kier molecular flexibility index (Phi) is 4.20. The zero-order chi connectivity index (χ0) is 15.0. The van der Waals surface area contributed by atoms with Crippen LogP contribution in [0.1, 0.15) is 25.6 Å². The van der Waals surface area contributed by atoms with Crippen LogP contribution in [0.2, 0.25) is 5.02 Å². The largest absolute Gasteiger partial charge is 0.395 e. The van der Waals surface area contributed by atoms with Crippen molar-refractivity contribution in [1.29, 1.82) is 0 Å². The van der Waals surface area contributed by atoms with Crippen LogP contribution in [-0.2, 0) is 13.6 Å². The molecular weight excluding hydrogens is 286 g/mol. The monoisotopic (exact) mass is 307 g/mol. The number of hydrogen-bond donors (Lipinski definition) is 1. The van der Waals surface area contributed by atoms with Crippen LogP contribution in [-0.4, -0.2) is 38.8 Å². The molecule has 2 heterocycles. The molecule has 1 N–H and O–H groups in total. The topological polar surface area (TPSA) is 41.3 Å². The minimum absolute atomic E-state index is 0.219. The first-order valence-corrected chi connectivity index (χ1v) is 7.93. The summed E-state index contributed by atoms with van der Waals surface area (Å²) in [6.07, 6.45) is 2.38. The Balaban J connectivity index is 1.88. The van der Waals surface area contributed by atoms with Gasteiger partial charge in [0.25, 0.3) is 0 Å². The summed E-state index contributed by atoms with van der Waals surface area (Å²) in [5.74, 6) is 1.56. The van der Waals surface area contributed by atoms with E-state index in [4.69, 9.17) is 16.6 Å². The Bertz CT molecular complexity index is 640. The molecule has 1 aromatic carbocycles. The fourth-order valence-electron chi connectivity index (χ4n) is 3.37. The highest BCUT2D eigenvalue weighted by molar-refractivity contribution is 6.31. The number of halogens is 1. The van der Waals surface area contributed by atoms with Gasteiger partial charge < -0.3 is 9.67 Å². The molecule has 0 saturated carbocycles. The number of aryl methyl sites for hydroxylation is 1. The van der Waals surface area contributed by atoms with Gasteiger partial charge in [0.2, 0.25) is 0 Å². The number of aliphatic hydroxyl groups excluding tert-OH is 1. The highest BCUT2D eigenvalue weighted by Gasteiger charge is 2.28. The van der Waals surface area contributed by atoms with Gasteiger partial charge in [-0.15, -0.1) is 0 Å². The van der Waals surface area contributed by atoms with E-state index in [1.165, 1.54) is 12.8 Å². The zero-order valence-electron chi connectivity index (χ0n) is 12.6. The number of aliphatic hydroxyl groups is 1. The van der Waals surface area contributed by atoms with Crippen LogP contribution >= 0.6 is 11.6 Å². The second-order valence-electron chi connectivity index (χ2n) is 6.06. The van der Waals surface area contributed by atoms with Crippen LogP contribution in [0.25, 0.3) is 11.0 Å². The van der Waals surface area contributed by atoms with Crippen molar-refractivity contribution in [3.05, 3.63) is 29.0 Å². The van der Waals surface area contributed by atoms with Crippen molar-refractivity contribution < 1.29 is 5.11 Å². The molecule has 0 radical (unpaired) electrons. The normalized spacial score (nSPS) is 23.8. The first kappa shape index (κ1) is 14.8. The number of likely N-dealkylation sites (tertiary alicyclic amines) is 1. The van der Waals surface area contributed by atoms with Gasteiger partial charge >= 0.3 is 0 Å². The number of piperidine rings is 1. The summed E-state index contributed by atoms with van der Waals surface area (Å²) in [6.45, 7) is 4.25. The lowest BCUT2D eigenvalue weighted by Gasteiger charge is -2.38. The number of benzene rings is 1. The quantitative estimate of drug-likeness (QED) is 0.948. The van der Waals surface area contributed by atoms with Gasteiger partial charge in [0, 0.05) is 18.1 Å². The SMILES string of the molecule is CC1CCCN(Cc2nc3cc(Cl)ccc3n2C)C1CO. The van der Waals surface area contributed by atoms with E-state index >= 15 is 0 Å². The number of imidazole rings is 1. The molecule has 21 heavy (non-hydrogen) atoms. The van der Waals surface area contributed by atoms with Crippen LogP contribution in [0, 0.1) is 5.92 Å². The molecule has 0 spiro atoms. The average Bonchev–Trinajstić information content (AvgIpc) is 2.75. The molecule has 2 unspecified atom stereocenters. The summed E-state index contributed by atoms with van der Waals surface area (Å²) in [4.78, 5) is 7.07. The standard InChI is InChI=1S/C16H22ClN3O/c1-11-4-3-7-20(15(11)10-21)9-16-18-13-8-12(17)5-6-14(13)19(16)2/h5-6,8,11,15,21H,3-4,7,9-10H2,1-2H3. The van der Waals surface area contributed by atoms with Crippen molar-refractivity contribution in [2.45, 2.75) is 32.4 Å². The van der Waals surface area contributed by atoms with Crippen molar-refractivity contribution in [2.75, 3.05) is 13.2 Å². The molecule has 1 saturated heterocycles. The van der Waals surface area contributed by atoms with E-state index in [2.05, 4.69) is 16.4 Å². The second kappa shape index (κ2) is 5.95. The Morgan fingerprint density at radius 3 is 3.00 bits per heavy atom. The fourth-order valence-corrected chi connectivity index (χ4v) is 3.54. The zero-order valence-corrected chi connectivity index (χ0v) is 13.3. The minimum atomic E-state index is 0.219. The van der Waals surface area contributed by atoms with Crippen LogP contribution < -0.4 is 0 Å². The first-order valence-electron chi connectivity index (χ1n) is 7.56. The van der Waals surface area contributed by atoms with Gasteiger partial charge in [-0.25, -0.2) is 4.98 Å². The number of aromatic nitrogens is 2. The summed E-state index contributed by atoms with van der Waals surface area (Å²) in [6, 6.07) is 6.05. The van der Waals surface area contributed by atoms with Crippen LogP contribution in [0.4, 0.5) is 0 Å². The van der Waals surface area contributed by atoms with Crippen molar-refractivity contribution in [3.8, 4) is 0 Å². The summed E-state index contributed by atoms with van der Waals surface area (Å²) in [5.41, 5.74) is 2.03. The Labute approximate surface area is 130 Å². The van der Waals surface area contributed by atoms with Crippen molar-refractivity contribution in [3.63, 3.8) is 0 Å². The van der Waals surface area contributed by atoms with Crippen LogP contribution in [0.5, 0.6) is 0 Å². The lowest BCUT2D eigenvalue weighted by molar-refractivity contribution is 0.0449. The molecule has 0 amide bonds. The maximum Gasteiger partial charge on any atom is 0.123 e. The van der Waals surface area contributed by atoms with Gasteiger partial charge in [-0.05, 0) is 43.5 Å². The molecule has 5 heteroatoms. The lowest BCUT2D eigenvalue weighted by atomic mass is 9.91. The van der Waals surface area contributed by atoms with Crippen molar-refractivity contribution in [2.24, 2.45) is 13.0 Å². The van der Waals surface area contributed by atoms with E-state index in [-0.39, 0.29) is 12.6 Å². The van der Waals surface area contributed by atoms with E-state index in [9.17, 15) is 5.11 Å². The molecule has 0 aliphatic carbocycles. The molecule has 4 nitrogen and oxygen atoms in total. The number of hydrogen-bond acceptors (Lipinski definition) is 3. The molecule has 3 rings (SSSR count). The first-order chi connectivity index (χ1) is 10.1.